The molecule has 0 amide bonds. The number of nitrogens with zero attached hydrogens (tertiary/aromatic N) is 2. The van der Waals surface area contributed by atoms with Gasteiger partial charge in [-0.15, -0.1) is 0 Å². The number of carbonyl (C=O) groups excluding carboxylic acids is 1. The largest absolute Gasteiger partial charge is 0.490 e. The van der Waals surface area contributed by atoms with E-state index in [1.807, 2.05) is 6.92 Å². The Morgan fingerprint density at radius 1 is 1.35 bits per heavy atom. The number of methoxy groups -OCH3 is 1. The van der Waals surface area contributed by atoms with Gasteiger partial charge in [0.25, 0.3) is 0 Å². The molecule has 0 aliphatic heterocycles. The van der Waals surface area contributed by atoms with E-state index in [4.69, 9.17) is 14.0 Å². The summed E-state index contributed by atoms with van der Waals surface area (Å²) in [6, 6.07) is 5.13. The van der Waals surface area contributed by atoms with Crippen LogP contribution in [0.25, 0.3) is 12.2 Å². The van der Waals surface area contributed by atoms with Gasteiger partial charge in [-0.05, 0) is 32.1 Å². The third kappa shape index (κ3) is 4.38. The zero-order chi connectivity index (χ0) is 19.1. The minimum atomic E-state index is -0.559. The van der Waals surface area contributed by atoms with E-state index in [1.54, 1.807) is 24.3 Å². The van der Waals surface area contributed by atoms with Gasteiger partial charge in [0.2, 0.25) is 5.76 Å². The molecule has 0 spiro atoms. The fourth-order valence-electron chi connectivity index (χ4n) is 2.16. The Morgan fingerprint density at radius 3 is 2.77 bits per heavy atom. The molecule has 138 valence electrons. The topological polar surface area (TPSA) is 114 Å². The second kappa shape index (κ2) is 8.65. The summed E-state index contributed by atoms with van der Waals surface area (Å²) in [5.41, 5.74) is 0.516. The quantitative estimate of drug-likeness (QED) is 0.400. The summed E-state index contributed by atoms with van der Waals surface area (Å²) in [5.74, 6) is 0.206. The molecule has 1 aromatic carbocycles. The van der Waals surface area contributed by atoms with E-state index in [1.165, 1.54) is 20.1 Å². The molecule has 0 aliphatic carbocycles. The van der Waals surface area contributed by atoms with Crippen LogP contribution in [0.3, 0.4) is 0 Å². The van der Waals surface area contributed by atoms with Crippen molar-refractivity contribution in [3.05, 3.63) is 45.3 Å². The highest BCUT2D eigenvalue weighted by Crippen LogP contribution is 2.33. The molecule has 9 nitrogen and oxygen atoms in total. The van der Waals surface area contributed by atoms with Gasteiger partial charge in [0, 0.05) is 5.56 Å². The number of ether oxygens (including phenoxy) is 3. The first-order valence-electron chi connectivity index (χ1n) is 7.72. The van der Waals surface area contributed by atoms with Crippen molar-refractivity contribution >= 4 is 23.8 Å². The highest BCUT2D eigenvalue weighted by atomic mass is 16.6. The Kier molecular flexibility index (Phi) is 6.31. The van der Waals surface area contributed by atoms with Gasteiger partial charge in [0.1, 0.15) is 0 Å². The van der Waals surface area contributed by atoms with E-state index in [0.717, 1.165) is 0 Å². The van der Waals surface area contributed by atoms with Gasteiger partial charge < -0.3 is 18.7 Å². The van der Waals surface area contributed by atoms with Crippen LogP contribution in [0.4, 0.5) is 5.69 Å². The zero-order valence-corrected chi connectivity index (χ0v) is 14.6. The lowest BCUT2D eigenvalue weighted by molar-refractivity contribution is -0.386. The summed E-state index contributed by atoms with van der Waals surface area (Å²) in [5, 5.41) is 14.7. The summed E-state index contributed by atoms with van der Waals surface area (Å²) >= 11 is 0. The molecular formula is C17H18N2O7. The van der Waals surface area contributed by atoms with Crippen LogP contribution in [-0.2, 0) is 9.53 Å². The number of aryl methyl sites for hydroxylation is 1. The molecule has 0 unspecified atom stereocenters. The number of rotatable bonds is 8. The fourth-order valence-corrected chi connectivity index (χ4v) is 2.16. The molecule has 0 aliphatic rings. The smallest absolute Gasteiger partial charge is 0.343 e. The molecule has 1 aromatic heterocycles. The lowest BCUT2D eigenvalue weighted by Gasteiger charge is -2.13. The Labute approximate surface area is 149 Å². The first-order chi connectivity index (χ1) is 12.5. The second-order valence-electron chi connectivity index (χ2n) is 5.04. The second-order valence-corrected chi connectivity index (χ2v) is 5.04. The number of nitro groups is 1. The van der Waals surface area contributed by atoms with Gasteiger partial charge in [-0.2, -0.15) is 0 Å². The number of aromatic nitrogens is 1. The van der Waals surface area contributed by atoms with Gasteiger partial charge in [0.15, 0.2) is 23.8 Å². The van der Waals surface area contributed by atoms with Crippen LogP contribution < -0.4 is 9.47 Å². The summed E-state index contributed by atoms with van der Waals surface area (Å²) in [4.78, 5) is 21.9. The van der Waals surface area contributed by atoms with Crippen LogP contribution in [0.5, 0.6) is 11.5 Å². The predicted molar refractivity (Wildman–Crippen MR) is 91.9 cm³/mol. The van der Waals surface area contributed by atoms with Crippen LogP contribution in [-0.4, -0.2) is 36.4 Å². The predicted octanol–water partition coefficient (Wildman–Crippen LogP) is 3.01. The average molecular weight is 362 g/mol. The maximum atomic E-state index is 11.4. The molecule has 2 aromatic rings. The van der Waals surface area contributed by atoms with Gasteiger partial charge in [-0.1, -0.05) is 17.3 Å². The van der Waals surface area contributed by atoms with Crippen molar-refractivity contribution in [2.75, 3.05) is 20.3 Å². The minimum Gasteiger partial charge on any atom is -0.490 e. The van der Waals surface area contributed by atoms with Crippen LogP contribution in [0.15, 0.2) is 22.7 Å². The molecule has 0 atom stereocenters. The van der Waals surface area contributed by atoms with Crippen molar-refractivity contribution < 1.29 is 28.5 Å². The average Bonchev–Trinajstić information content (AvgIpc) is 2.99. The first kappa shape index (κ1) is 19.0. The normalized spacial score (nSPS) is 10.7. The zero-order valence-electron chi connectivity index (χ0n) is 14.6. The number of hydrogen-bond acceptors (Lipinski definition) is 8. The van der Waals surface area contributed by atoms with Gasteiger partial charge in [0.05, 0.1) is 18.6 Å². The van der Waals surface area contributed by atoms with E-state index in [2.05, 4.69) is 9.89 Å². The van der Waals surface area contributed by atoms with E-state index < -0.39 is 10.9 Å². The van der Waals surface area contributed by atoms with Crippen LogP contribution in [0, 0.1) is 17.0 Å². The molecule has 0 radical (unpaired) electrons. The van der Waals surface area contributed by atoms with Crippen LogP contribution in [0.1, 0.15) is 23.9 Å². The number of benzene rings is 1. The van der Waals surface area contributed by atoms with Gasteiger partial charge in [-0.25, -0.2) is 4.79 Å². The standard InChI is InChI=1S/C17H18N2O7/c1-4-24-14-7-5-6-12(17(14)25-10-15(20)23-3)8-9-13-16(19(21)22)11(2)18-26-13/h5-9H,4,10H2,1-3H3/b9-8+. The molecule has 0 fully saturated rings. The molecule has 2 rings (SSSR count). The monoisotopic (exact) mass is 362 g/mol. The lowest BCUT2D eigenvalue weighted by Crippen LogP contribution is -2.13. The maximum Gasteiger partial charge on any atom is 0.343 e. The summed E-state index contributed by atoms with van der Waals surface area (Å²) < 4.78 is 20.6. The van der Waals surface area contributed by atoms with Crippen molar-refractivity contribution in [2.24, 2.45) is 0 Å². The van der Waals surface area contributed by atoms with Crippen molar-refractivity contribution in [2.45, 2.75) is 13.8 Å². The van der Waals surface area contributed by atoms with E-state index in [-0.39, 0.29) is 23.7 Å². The Morgan fingerprint density at radius 2 is 2.12 bits per heavy atom. The van der Waals surface area contributed by atoms with Crippen molar-refractivity contribution in [3.63, 3.8) is 0 Å². The Bertz CT molecular complexity index is 827. The highest BCUT2D eigenvalue weighted by Gasteiger charge is 2.22. The third-order valence-corrected chi connectivity index (χ3v) is 3.33. The molecule has 9 heteroatoms. The lowest BCUT2D eigenvalue weighted by atomic mass is 10.1. The van der Waals surface area contributed by atoms with E-state index in [9.17, 15) is 14.9 Å². The molecule has 0 N–H and O–H groups in total. The highest BCUT2D eigenvalue weighted by molar-refractivity contribution is 5.76. The van der Waals surface area contributed by atoms with E-state index >= 15 is 0 Å². The SMILES string of the molecule is CCOc1cccc(/C=C/c2onc(C)c2[N+](=O)[O-])c1OCC(=O)OC. The third-order valence-electron chi connectivity index (χ3n) is 3.33. The summed E-state index contributed by atoms with van der Waals surface area (Å²) in [6.07, 6.45) is 2.97. The number of para-hydroxylation sites is 1. The Hall–Kier alpha value is -3.36. The maximum absolute atomic E-state index is 11.4. The Balaban J connectivity index is 2.37. The molecule has 0 saturated heterocycles. The molecule has 26 heavy (non-hydrogen) atoms. The van der Waals surface area contributed by atoms with Crippen molar-refractivity contribution in [1.82, 2.24) is 5.16 Å². The number of carbonyl (C=O) groups is 1. The summed E-state index contributed by atoms with van der Waals surface area (Å²) in [7, 11) is 1.26. The molecule has 0 saturated carbocycles. The minimum absolute atomic E-state index is 0.00762. The first-order valence-corrected chi connectivity index (χ1v) is 7.72. The van der Waals surface area contributed by atoms with Crippen molar-refractivity contribution in [3.8, 4) is 11.5 Å². The van der Waals surface area contributed by atoms with Gasteiger partial charge >= 0.3 is 11.7 Å². The van der Waals surface area contributed by atoms with Crippen LogP contribution >= 0.6 is 0 Å². The van der Waals surface area contributed by atoms with Crippen LogP contribution in [0.2, 0.25) is 0 Å². The fraction of sp³-hybridized carbons (Fsp3) is 0.294. The molecular weight excluding hydrogens is 344 g/mol. The number of hydrogen-bond donors (Lipinski definition) is 0. The summed E-state index contributed by atoms with van der Waals surface area (Å²) in [6.45, 7) is 3.39. The van der Waals surface area contributed by atoms with E-state index in [0.29, 0.717) is 23.7 Å². The van der Waals surface area contributed by atoms with Gasteiger partial charge in [-0.3, -0.25) is 10.1 Å². The molecule has 0 bridgehead atoms. The van der Waals surface area contributed by atoms with Crippen molar-refractivity contribution in [1.29, 1.82) is 0 Å². The molecule has 1 heterocycles. The number of esters is 1.